The fourth-order valence-corrected chi connectivity index (χ4v) is 5.28. The number of aromatic nitrogens is 2. The molecule has 0 unspecified atom stereocenters. The first-order valence-corrected chi connectivity index (χ1v) is 11.1. The number of aryl methyl sites for hydroxylation is 1. The number of fused-ring (bicyclic) bond motifs is 1. The van der Waals surface area contributed by atoms with E-state index in [-0.39, 0.29) is 16.2 Å². The third-order valence-corrected chi connectivity index (χ3v) is 6.84. The van der Waals surface area contributed by atoms with Gasteiger partial charge in [0.2, 0.25) is 0 Å². The maximum Gasteiger partial charge on any atom is 0.259 e. The normalized spacial score (nSPS) is 14.8. The number of amides is 1. The van der Waals surface area contributed by atoms with Crippen molar-refractivity contribution in [3.8, 4) is 0 Å². The number of benzene rings is 2. The number of carbonyl (C=O) groups excluding carboxylic acids is 1. The van der Waals surface area contributed by atoms with E-state index in [9.17, 15) is 9.59 Å². The summed E-state index contributed by atoms with van der Waals surface area (Å²) in [5.41, 5.74) is 2.58. The minimum atomic E-state index is -0.266. The molecule has 29 heavy (non-hydrogen) atoms. The van der Waals surface area contributed by atoms with Crippen molar-refractivity contribution in [2.24, 2.45) is 0 Å². The molecule has 150 valence electrons. The number of aromatic amines is 2. The first-order chi connectivity index (χ1) is 14.0. The molecule has 1 heterocycles. The van der Waals surface area contributed by atoms with E-state index in [1.54, 1.807) is 18.2 Å². The van der Waals surface area contributed by atoms with Crippen LogP contribution in [0.5, 0.6) is 0 Å². The summed E-state index contributed by atoms with van der Waals surface area (Å²) in [7, 11) is 0. The Hall–Kier alpha value is -2.38. The van der Waals surface area contributed by atoms with Crippen molar-refractivity contribution in [2.75, 3.05) is 5.32 Å². The topological polar surface area (TPSA) is 77.8 Å². The summed E-state index contributed by atoms with van der Waals surface area (Å²) < 4.78 is 0.238. The standard InChI is InChI=1S/C22H23N3O2S2/c1-13-11-16(29-15-5-3-2-4-6-15)8-10-18(13)23-20(26)14-7-9-17-19(12-14)24-22(28)25-21(17)27/h7-12,15H,2-6H2,1H3,(H,23,26)(H2,24,25,27,28). The van der Waals surface area contributed by atoms with E-state index in [0.29, 0.717) is 21.7 Å². The Morgan fingerprint density at radius 1 is 1.10 bits per heavy atom. The molecule has 0 aliphatic heterocycles. The molecule has 5 nitrogen and oxygen atoms in total. The van der Waals surface area contributed by atoms with Crippen LogP contribution in [0.25, 0.3) is 10.9 Å². The maximum atomic E-state index is 12.7. The second-order valence-electron chi connectivity index (χ2n) is 7.48. The highest BCUT2D eigenvalue weighted by molar-refractivity contribution is 8.00. The summed E-state index contributed by atoms with van der Waals surface area (Å²) in [4.78, 5) is 31.4. The van der Waals surface area contributed by atoms with Crippen molar-refractivity contribution < 1.29 is 4.79 Å². The summed E-state index contributed by atoms with van der Waals surface area (Å²) in [6, 6.07) is 11.1. The Bertz CT molecular complexity index is 1180. The Kier molecular flexibility index (Phi) is 5.87. The lowest BCUT2D eigenvalue weighted by Crippen LogP contribution is -2.14. The first kappa shape index (κ1) is 19.9. The molecule has 1 amide bonds. The van der Waals surface area contributed by atoms with Crippen LogP contribution in [0.3, 0.4) is 0 Å². The largest absolute Gasteiger partial charge is 0.332 e. The van der Waals surface area contributed by atoms with Crippen molar-refractivity contribution in [1.29, 1.82) is 0 Å². The molecule has 3 aromatic rings. The Morgan fingerprint density at radius 3 is 2.66 bits per heavy atom. The van der Waals surface area contributed by atoms with Gasteiger partial charge in [-0.25, -0.2) is 0 Å². The molecule has 1 saturated carbocycles. The molecular formula is C22H23N3O2S2. The van der Waals surface area contributed by atoms with Crippen molar-refractivity contribution >= 4 is 46.5 Å². The van der Waals surface area contributed by atoms with Crippen molar-refractivity contribution in [3.63, 3.8) is 0 Å². The summed E-state index contributed by atoms with van der Waals surface area (Å²) in [5, 5.41) is 4.15. The molecule has 1 aromatic heterocycles. The van der Waals surface area contributed by atoms with Gasteiger partial charge in [0.1, 0.15) is 0 Å². The van der Waals surface area contributed by atoms with E-state index in [1.807, 2.05) is 24.8 Å². The van der Waals surface area contributed by atoms with Crippen LogP contribution < -0.4 is 10.9 Å². The van der Waals surface area contributed by atoms with Crippen LogP contribution in [0.1, 0.15) is 48.0 Å². The SMILES string of the molecule is Cc1cc(SC2CCCCC2)ccc1NC(=O)c1ccc2c(=O)[nH]c(=S)[nH]c2c1. The summed E-state index contributed by atoms with van der Waals surface area (Å²) in [5.74, 6) is -0.220. The molecule has 0 bridgehead atoms. The van der Waals surface area contributed by atoms with Gasteiger partial charge in [-0.1, -0.05) is 19.3 Å². The smallest absolute Gasteiger partial charge is 0.259 e. The number of thioether (sulfide) groups is 1. The molecule has 1 aliphatic carbocycles. The van der Waals surface area contributed by atoms with E-state index in [4.69, 9.17) is 12.2 Å². The highest BCUT2D eigenvalue weighted by atomic mass is 32.2. The number of anilines is 1. The second-order valence-corrected chi connectivity index (χ2v) is 9.26. The zero-order valence-electron chi connectivity index (χ0n) is 16.2. The summed E-state index contributed by atoms with van der Waals surface area (Å²) in [6.45, 7) is 2.01. The van der Waals surface area contributed by atoms with Gasteiger partial charge in [0.15, 0.2) is 4.77 Å². The van der Waals surface area contributed by atoms with E-state index < -0.39 is 0 Å². The highest BCUT2D eigenvalue weighted by Crippen LogP contribution is 2.35. The number of hydrogen-bond donors (Lipinski definition) is 3. The average Bonchev–Trinajstić information content (AvgIpc) is 2.70. The minimum Gasteiger partial charge on any atom is -0.332 e. The Morgan fingerprint density at radius 2 is 1.90 bits per heavy atom. The molecule has 0 atom stereocenters. The fraction of sp³-hybridized carbons (Fsp3) is 0.318. The van der Waals surface area contributed by atoms with Gasteiger partial charge in [-0.15, -0.1) is 11.8 Å². The Balaban J connectivity index is 1.51. The van der Waals surface area contributed by atoms with Gasteiger partial charge in [0.05, 0.1) is 10.9 Å². The lowest BCUT2D eigenvalue weighted by atomic mass is 10.0. The van der Waals surface area contributed by atoms with Crippen molar-refractivity contribution in [3.05, 3.63) is 62.6 Å². The van der Waals surface area contributed by atoms with Gasteiger partial charge in [-0.05, 0) is 73.9 Å². The lowest BCUT2D eigenvalue weighted by molar-refractivity contribution is 0.102. The van der Waals surface area contributed by atoms with Crippen LogP contribution in [-0.2, 0) is 0 Å². The quantitative estimate of drug-likeness (QED) is 0.478. The predicted octanol–water partition coefficient (Wildman–Crippen LogP) is 5.57. The third kappa shape index (κ3) is 4.62. The number of rotatable bonds is 4. The monoisotopic (exact) mass is 425 g/mol. The molecule has 3 N–H and O–H groups in total. The van der Waals surface area contributed by atoms with Gasteiger partial charge in [-0.3, -0.25) is 14.6 Å². The molecule has 1 aliphatic rings. The van der Waals surface area contributed by atoms with E-state index in [2.05, 4.69) is 27.4 Å². The van der Waals surface area contributed by atoms with Crippen LogP contribution in [0.4, 0.5) is 5.69 Å². The zero-order valence-corrected chi connectivity index (χ0v) is 17.8. The lowest BCUT2D eigenvalue weighted by Gasteiger charge is -2.21. The highest BCUT2D eigenvalue weighted by Gasteiger charge is 2.15. The number of carbonyl (C=O) groups is 1. The Labute approximate surface area is 178 Å². The molecule has 1 fully saturated rings. The van der Waals surface area contributed by atoms with E-state index in [0.717, 1.165) is 11.3 Å². The van der Waals surface area contributed by atoms with Crippen molar-refractivity contribution in [1.82, 2.24) is 9.97 Å². The first-order valence-electron chi connectivity index (χ1n) is 9.84. The third-order valence-electron chi connectivity index (χ3n) is 5.30. The van der Waals surface area contributed by atoms with Gasteiger partial charge in [-0.2, -0.15) is 0 Å². The van der Waals surface area contributed by atoms with Gasteiger partial charge in [0.25, 0.3) is 11.5 Å². The molecular weight excluding hydrogens is 402 g/mol. The van der Waals surface area contributed by atoms with Gasteiger partial charge >= 0.3 is 0 Å². The molecule has 0 saturated heterocycles. The van der Waals surface area contributed by atoms with E-state index in [1.165, 1.54) is 37.0 Å². The van der Waals surface area contributed by atoms with Crippen LogP contribution in [-0.4, -0.2) is 21.1 Å². The summed E-state index contributed by atoms with van der Waals surface area (Å²) >= 11 is 6.96. The van der Waals surface area contributed by atoms with Crippen LogP contribution in [0.15, 0.2) is 46.1 Å². The number of hydrogen-bond acceptors (Lipinski definition) is 4. The maximum absolute atomic E-state index is 12.7. The van der Waals surface area contributed by atoms with Crippen LogP contribution in [0, 0.1) is 11.7 Å². The van der Waals surface area contributed by atoms with E-state index >= 15 is 0 Å². The number of nitrogens with one attached hydrogen (secondary N) is 3. The summed E-state index contributed by atoms with van der Waals surface area (Å²) in [6.07, 6.45) is 6.58. The van der Waals surface area contributed by atoms with Gasteiger partial charge < -0.3 is 10.3 Å². The van der Waals surface area contributed by atoms with Gasteiger partial charge in [0, 0.05) is 21.4 Å². The molecule has 0 spiro atoms. The number of H-pyrrole nitrogens is 2. The van der Waals surface area contributed by atoms with Crippen LogP contribution >= 0.6 is 24.0 Å². The molecule has 4 rings (SSSR count). The van der Waals surface area contributed by atoms with Crippen molar-refractivity contribution in [2.45, 2.75) is 49.2 Å². The zero-order chi connectivity index (χ0) is 20.4. The molecule has 7 heteroatoms. The minimum absolute atomic E-state index is 0.220. The molecule has 0 radical (unpaired) electrons. The predicted molar refractivity (Wildman–Crippen MR) is 122 cm³/mol. The molecule has 2 aromatic carbocycles. The average molecular weight is 426 g/mol. The second kappa shape index (κ2) is 8.55. The fourth-order valence-electron chi connectivity index (χ4n) is 3.73. The van der Waals surface area contributed by atoms with Crippen LogP contribution in [0.2, 0.25) is 0 Å².